The normalized spacial score (nSPS) is 17.4. The van der Waals surface area contributed by atoms with Crippen molar-refractivity contribution < 1.29 is 18.0 Å². The second-order valence-corrected chi connectivity index (χ2v) is 4.98. The van der Waals surface area contributed by atoms with Gasteiger partial charge in [0.1, 0.15) is 0 Å². The highest BCUT2D eigenvalue weighted by Gasteiger charge is 2.36. The van der Waals surface area contributed by atoms with Gasteiger partial charge in [-0.25, -0.2) is 0 Å². The maximum atomic E-state index is 12.1. The number of halogens is 3. The molecule has 1 fully saturated rings. The predicted octanol–water partition coefficient (Wildman–Crippen LogP) is 2.45. The summed E-state index contributed by atoms with van der Waals surface area (Å²) in [5.41, 5.74) is 1.22. The quantitative estimate of drug-likeness (QED) is 0.798. The molecular formula is C15H17F3N2O. The summed E-state index contributed by atoms with van der Waals surface area (Å²) in [6, 6.07) is 10.0. The number of carbonyl (C=O) groups excluding carboxylic acids is 1. The van der Waals surface area contributed by atoms with Crippen LogP contribution in [0, 0.1) is 0 Å². The SMILES string of the molecule is O=C(C=CN1CCN(Cc2ccccc2)CC1)C(F)(F)F. The van der Waals surface area contributed by atoms with Crippen LogP contribution in [-0.2, 0) is 11.3 Å². The van der Waals surface area contributed by atoms with Gasteiger partial charge in [-0.15, -0.1) is 0 Å². The van der Waals surface area contributed by atoms with Crippen molar-refractivity contribution in [1.82, 2.24) is 9.80 Å². The second-order valence-electron chi connectivity index (χ2n) is 4.98. The van der Waals surface area contributed by atoms with E-state index >= 15 is 0 Å². The number of rotatable bonds is 4. The van der Waals surface area contributed by atoms with Gasteiger partial charge in [0.05, 0.1) is 0 Å². The van der Waals surface area contributed by atoms with E-state index in [0.29, 0.717) is 19.2 Å². The van der Waals surface area contributed by atoms with Gasteiger partial charge >= 0.3 is 6.18 Å². The monoisotopic (exact) mass is 298 g/mol. The minimum atomic E-state index is -4.79. The summed E-state index contributed by atoms with van der Waals surface area (Å²) in [5.74, 6) is -1.81. The Labute approximate surface area is 121 Å². The first-order valence-electron chi connectivity index (χ1n) is 6.75. The molecule has 0 aromatic heterocycles. The summed E-state index contributed by atoms with van der Waals surface area (Å²) >= 11 is 0. The maximum absolute atomic E-state index is 12.1. The van der Waals surface area contributed by atoms with Crippen LogP contribution in [0.2, 0.25) is 0 Å². The van der Waals surface area contributed by atoms with Crippen LogP contribution in [0.25, 0.3) is 0 Å². The zero-order valence-electron chi connectivity index (χ0n) is 11.5. The van der Waals surface area contributed by atoms with Crippen LogP contribution in [-0.4, -0.2) is 47.9 Å². The molecule has 0 N–H and O–H groups in total. The first-order chi connectivity index (χ1) is 9.95. The second kappa shape index (κ2) is 6.76. The fraction of sp³-hybridized carbons (Fsp3) is 0.400. The van der Waals surface area contributed by atoms with Crippen molar-refractivity contribution in [2.24, 2.45) is 0 Å². The van der Waals surface area contributed by atoms with Crippen molar-refractivity contribution in [3.8, 4) is 0 Å². The third kappa shape index (κ3) is 4.90. The molecule has 21 heavy (non-hydrogen) atoms. The molecule has 0 aliphatic carbocycles. The number of hydrogen-bond acceptors (Lipinski definition) is 3. The first-order valence-corrected chi connectivity index (χ1v) is 6.75. The van der Waals surface area contributed by atoms with Crippen LogP contribution in [0.3, 0.4) is 0 Å². The van der Waals surface area contributed by atoms with Crippen molar-refractivity contribution in [2.75, 3.05) is 26.2 Å². The Balaban J connectivity index is 1.78. The molecule has 1 aromatic carbocycles. The molecule has 0 spiro atoms. The van der Waals surface area contributed by atoms with Gasteiger partial charge in [0.25, 0.3) is 5.78 Å². The van der Waals surface area contributed by atoms with Gasteiger partial charge < -0.3 is 4.90 Å². The van der Waals surface area contributed by atoms with E-state index in [0.717, 1.165) is 19.6 Å². The van der Waals surface area contributed by atoms with Crippen LogP contribution < -0.4 is 0 Å². The fourth-order valence-corrected chi connectivity index (χ4v) is 2.18. The fourth-order valence-electron chi connectivity index (χ4n) is 2.18. The lowest BCUT2D eigenvalue weighted by atomic mass is 10.2. The highest BCUT2D eigenvalue weighted by atomic mass is 19.4. The first kappa shape index (κ1) is 15.6. The van der Waals surface area contributed by atoms with Crippen molar-refractivity contribution >= 4 is 5.78 Å². The van der Waals surface area contributed by atoms with Crippen LogP contribution in [0.4, 0.5) is 13.2 Å². The van der Waals surface area contributed by atoms with E-state index in [1.807, 2.05) is 30.3 Å². The van der Waals surface area contributed by atoms with E-state index in [1.165, 1.54) is 11.8 Å². The third-order valence-corrected chi connectivity index (χ3v) is 3.37. The van der Waals surface area contributed by atoms with Gasteiger partial charge in [-0.05, 0) is 5.56 Å². The minimum Gasteiger partial charge on any atom is -0.375 e. The van der Waals surface area contributed by atoms with Gasteiger partial charge in [-0.3, -0.25) is 9.69 Å². The Morgan fingerprint density at radius 2 is 1.71 bits per heavy atom. The van der Waals surface area contributed by atoms with Gasteiger partial charge in [0.2, 0.25) is 0 Å². The van der Waals surface area contributed by atoms with Crippen LogP contribution >= 0.6 is 0 Å². The largest absolute Gasteiger partial charge is 0.454 e. The molecule has 0 radical (unpaired) electrons. The Kier molecular flexibility index (Phi) is 5.01. The van der Waals surface area contributed by atoms with Crippen molar-refractivity contribution in [1.29, 1.82) is 0 Å². The minimum absolute atomic E-state index is 0.604. The summed E-state index contributed by atoms with van der Waals surface area (Å²) in [4.78, 5) is 14.7. The third-order valence-electron chi connectivity index (χ3n) is 3.37. The molecule has 1 aliphatic rings. The molecule has 0 bridgehead atoms. The number of nitrogens with zero attached hydrogens (tertiary/aromatic N) is 2. The lowest BCUT2D eigenvalue weighted by Gasteiger charge is -2.34. The average molecular weight is 298 g/mol. The molecule has 6 heteroatoms. The summed E-state index contributed by atoms with van der Waals surface area (Å²) in [6.45, 7) is 3.60. The summed E-state index contributed by atoms with van der Waals surface area (Å²) in [6.07, 6.45) is -2.94. The van der Waals surface area contributed by atoms with E-state index in [-0.39, 0.29) is 0 Å². The molecular weight excluding hydrogens is 281 g/mol. The van der Waals surface area contributed by atoms with Gasteiger partial charge in [0, 0.05) is 45.0 Å². The van der Waals surface area contributed by atoms with Crippen LogP contribution in [0.15, 0.2) is 42.6 Å². The number of ketones is 1. The highest BCUT2D eigenvalue weighted by Crippen LogP contribution is 2.16. The summed E-state index contributed by atoms with van der Waals surface area (Å²) in [5, 5.41) is 0. The topological polar surface area (TPSA) is 23.6 Å². The number of alkyl halides is 3. The Bertz CT molecular complexity index is 491. The Morgan fingerprint density at radius 3 is 2.29 bits per heavy atom. The highest BCUT2D eigenvalue weighted by molar-refractivity contribution is 5.94. The van der Waals surface area contributed by atoms with E-state index in [4.69, 9.17) is 0 Å². The molecule has 114 valence electrons. The van der Waals surface area contributed by atoms with Gasteiger partial charge in [-0.1, -0.05) is 30.3 Å². The zero-order chi connectivity index (χ0) is 15.3. The molecule has 1 heterocycles. The van der Waals surface area contributed by atoms with Crippen molar-refractivity contribution in [2.45, 2.75) is 12.7 Å². The van der Waals surface area contributed by atoms with E-state index in [1.54, 1.807) is 4.90 Å². The van der Waals surface area contributed by atoms with Crippen LogP contribution in [0.5, 0.6) is 0 Å². The molecule has 1 aromatic rings. The molecule has 2 rings (SSSR count). The molecule has 3 nitrogen and oxygen atoms in total. The molecule has 0 amide bonds. The Hall–Kier alpha value is -1.82. The zero-order valence-corrected chi connectivity index (χ0v) is 11.5. The lowest BCUT2D eigenvalue weighted by molar-refractivity contribution is -0.165. The van der Waals surface area contributed by atoms with Gasteiger partial charge in [-0.2, -0.15) is 13.2 Å². The molecule has 1 saturated heterocycles. The van der Waals surface area contributed by atoms with Gasteiger partial charge in [0.15, 0.2) is 0 Å². The number of hydrogen-bond donors (Lipinski definition) is 0. The number of piperazine rings is 1. The molecule has 0 saturated carbocycles. The predicted molar refractivity (Wildman–Crippen MR) is 73.5 cm³/mol. The average Bonchev–Trinajstić information content (AvgIpc) is 2.46. The number of carbonyl (C=O) groups is 1. The van der Waals surface area contributed by atoms with E-state index < -0.39 is 12.0 Å². The molecule has 0 unspecified atom stereocenters. The standard InChI is InChI=1S/C15H17F3N2O/c16-15(17,18)14(21)6-7-19-8-10-20(11-9-19)12-13-4-2-1-3-5-13/h1-7H,8-12H2. The Morgan fingerprint density at radius 1 is 1.10 bits per heavy atom. The van der Waals surface area contributed by atoms with Crippen molar-refractivity contribution in [3.05, 3.63) is 48.2 Å². The van der Waals surface area contributed by atoms with Crippen LogP contribution in [0.1, 0.15) is 5.56 Å². The lowest BCUT2D eigenvalue weighted by Crippen LogP contribution is -2.43. The van der Waals surface area contributed by atoms with E-state index in [9.17, 15) is 18.0 Å². The maximum Gasteiger partial charge on any atom is 0.454 e. The van der Waals surface area contributed by atoms with E-state index in [2.05, 4.69) is 4.90 Å². The molecule has 1 aliphatic heterocycles. The number of benzene rings is 1. The smallest absolute Gasteiger partial charge is 0.375 e. The molecule has 0 atom stereocenters. The summed E-state index contributed by atoms with van der Waals surface area (Å²) in [7, 11) is 0. The van der Waals surface area contributed by atoms with Crippen molar-refractivity contribution in [3.63, 3.8) is 0 Å². The number of allylic oxidation sites excluding steroid dienone is 1. The summed E-state index contributed by atoms with van der Waals surface area (Å²) < 4.78 is 36.2.